The van der Waals surface area contributed by atoms with Crippen molar-refractivity contribution < 1.29 is 9.53 Å². The Morgan fingerprint density at radius 3 is 1.90 bits per heavy atom. The number of hydrogen-bond donors (Lipinski definition) is 0. The van der Waals surface area contributed by atoms with Crippen molar-refractivity contribution in [2.75, 3.05) is 5.01 Å². The van der Waals surface area contributed by atoms with Crippen molar-refractivity contribution in [1.82, 2.24) is 0 Å². The smallest absolute Gasteiger partial charge is 0.435 e. The summed E-state index contributed by atoms with van der Waals surface area (Å²) in [6.45, 7) is 5.46. The zero-order valence-corrected chi connectivity index (χ0v) is 17.4. The van der Waals surface area contributed by atoms with Crippen molar-refractivity contribution in [2.45, 2.75) is 26.4 Å². The molecule has 148 valence electrons. The molecule has 0 N–H and O–H groups in total. The fourth-order valence-corrected chi connectivity index (χ4v) is 2.88. The van der Waals surface area contributed by atoms with Gasteiger partial charge in [-0.3, -0.25) is 0 Å². The van der Waals surface area contributed by atoms with Crippen LogP contribution in [0.1, 0.15) is 31.9 Å². The second-order valence-corrected chi connectivity index (χ2v) is 7.89. The molecule has 0 aliphatic heterocycles. The first kappa shape index (κ1) is 20.6. The molecule has 0 aliphatic rings. The molecule has 0 atom stereocenters. The van der Waals surface area contributed by atoms with Crippen molar-refractivity contribution >= 4 is 29.1 Å². The number of nitrogens with zero attached hydrogens (tertiary/aromatic N) is 2. The highest BCUT2D eigenvalue weighted by Gasteiger charge is 2.25. The van der Waals surface area contributed by atoms with Gasteiger partial charge in [-0.15, -0.1) is 0 Å². The lowest BCUT2D eigenvalue weighted by atomic mass is 10.0. The van der Waals surface area contributed by atoms with E-state index < -0.39 is 11.7 Å². The second kappa shape index (κ2) is 8.93. The van der Waals surface area contributed by atoms with Crippen molar-refractivity contribution in [1.29, 1.82) is 0 Å². The number of benzene rings is 3. The molecular weight excluding hydrogens is 384 g/mol. The largest absolute Gasteiger partial charge is 0.442 e. The van der Waals surface area contributed by atoms with Crippen LogP contribution in [0.4, 0.5) is 10.5 Å². The van der Waals surface area contributed by atoms with Crippen molar-refractivity contribution in [3.63, 3.8) is 0 Å². The van der Waals surface area contributed by atoms with E-state index in [1.165, 1.54) is 5.01 Å². The number of carbonyl (C=O) groups is 1. The number of anilines is 1. The summed E-state index contributed by atoms with van der Waals surface area (Å²) in [5.74, 6) is 0. The summed E-state index contributed by atoms with van der Waals surface area (Å²) in [5.41, 5.74) is 2.28. The Morgan fingerprint density at radius 1 is 0.862 bits per heavy atom. The molecule has 5 heteroatoms. The molecule has 0 saturated heterocycles. The number of amides is 1. The molecule has 1 amide bonds. The van der Waals surface area contributed by atoms with Gasteiger partial charge in [-0.2, -0.15) is 10.1 Å². The highest BCUT2D eigenvalue weighted by molar-refractivity contribution is 6.31. The summed E-state index contributed by atoms with van der Waals surface area (Å²) in [7, 11) is 0. The van der Waals surface area contributed by atoms with Gasteiger partial charge in [-0.1, -0.05) is 78.3 Å². The number of hydrogen-bond acceptors (Lipinski definition) is 3. The Morgan fingerprint density at radius 2 is 1.41 bits per heavy atom. The molecule has 0 unspecified atom stereocenters. The van der Waals surface area contributed by atoms with Crippen LogP contribution in [0.2, 0.25) is 5.02 Å². The van der Waals surface area contributed by atoms with E-state index in [1.807, 2.05) is 81.4 Å². The highest BCUT2D eigenvalue weighted by Crippen LogP contribution is 2.24. The average Bonchev–Trinajstić information content (AvgIpc) is 2.68. The van der Waals surface area contributed by atoms with E-state index in [4.69, 9.17) is 21.4 Å². The van der Waals surface area contributed by atoms with Crippen molar-refractivity contribution in [3.05, 3.63) is 101 Å². The third-order valence-corrected chi connectivity index (χ3v) is 4.15. The maximum absolute atomic E-state index is 13.0. The molecule has 4 nitrogen and oxygen atoms in total. The molecule has 3 aromatic rings. The topological polar surface area (TPSA) is 41.9 Å². The first-order valence-corrected chi connectivity index (χ1v) is 9.69. The van der Waals surface area contributed by atoms with Crippen LogP contribution in [0.25, 0.3) is 0 Å². The Balaban J connectivity index is 2.15. The van der Waals surface area contributed by atoms with E-state index in [2.05, 4.69) is 0 Å². The number of ether oxygens (including phenoxy) is 1. The Bertz CT molecular complexity index is 955. The summed E-state index contributed by atoms with van der Waals surface area (Å²) in [5, 5.41) is 6.49. The fourth-order valence-electron chi connectivity index (χ4n) is 2.69. The Labute approximate surface area is 176 Å². The molecule has 3 aromatic carbocycles. The van der Waals surface area contributed by atoms with Crippen molar-refractivity contribution in [3.8, 4) is 0 Å². The summed E-state index contributed by atoms with van der Waals surface area (Å²) in [6, 6.07) is 26.4. The molecule has 0 radical (unpaired) electrons. The lowest BCUT2D eigenvalue weighted by molar-refractivity contribution is 0.0581. The minimum absolute atomic E-state index is 0.507. The lowest BCUT2D eigenvalue weighted by Gasteiger charge is -2.25. The highest BCUT2D eigenvalue weighted by atomic mass is 35.5. The van der Waals surface area contributed by atoms with Crippen LogP contribution in [0.5, 0.6) is 0 Å². The van der Waals surface area contributed by atoms with Gasteiger partial charge in [0.05, 0.1) is 11.4 Å². The van der Waals surface area contributed by atoms with Gasteiger partial charge in [0.1, 0.15) is 5.60 Å². The molecular formula is C24H23ClN2O2. The zero-order valence-electron chi connectivity index (χ0n) is 16.7. The van der Waals surface area contributed by atoms with Gasteiger partial charge < -0.3 is 4.74 Å². The molecule has 0 bridgehead atoms. The Hall–Kier alpha value is -3.11. The number of carbonyl (C=O) groups excluding carboxylic acids is 1. The molecule has 0 spiro atoms. The SMILES string of the molecule is CC(C)(C)OC(=O)N(N=C(c1ccccc1)c1ccccc1)c1cccc(Cl)c1. The maximum Gasteiger partial charge on any atom is 0.435 e. The van der Waals surface area contributed by atoms with E-state index in [0.717, 1.165) is 11.1 Å². The van der Waals surface area contributed by atoms with Crippen LogP contribution in [0.15, 0.2) is 90.0 Å². The van der Waals surface area contributed by atoms with Gasteiger partial charge in [0.25, 0.3) is 0 Å². The van der Waals surface area contributed by atoms with Gasteiger partial charge in [0.15, 0.2) is 0 Å². The first-order valence-electron chi connectivity index (χ1n) is 9.31. The van der Waals surface area contributed by atoms with Gasteiger partial charge in [0, 0.05) is 16.1 Å². The van der Waals surface area contributed by atoms with Crippen LogP contribution in [0.3, 0.4) is 0 Å². The molecule has 0 aromatic heterocycles. The van der Waals surface area contributed by atoms with Gasteiger partial charge in [0.2, 0.25) is 0 Å². The summed E-state index contributed by atoms with van der Waals surface area (Å²) < 4.78 is 5.60. The lowest BCUT2D eigenvalue weighted by Crippen LogP contribution is -2.34. The molecule has 0 aliphatic carbocycles. The number of hydrazone groups is 1. The maximum atomic E-state index is 13.0. The monoisotopic (exact) mass is 406 g/mol. The third-order valence-electron chi connectivity index (χ3n) is 3.91. The average molecular weight is 407 g/mol. The normalized spacial score (nSPS) is 10.9. The van der Waals surface area contributed by atoms with Crippen molar-refractivity contribution in [2.24, 2.45) is 5.10 Å². The Kier molecular flexibility index (Phi) is 6.35. The quantitative estimate of drug-likeness (QED) is 0.365. The van der Waals surface area contributed by atoms with Gasteiger partial charge >= 0.3 is 6.09 Å². The number of halogens is 1. The van der Waals surface area contributed by atoms with E-state index in [1.54, 1.807) is 24.3 Å². The van der Waals surface area contributed by atoms with Crippen LogP contribution in [-0.4, -0.2) is 17.4 Å². The van der Waals surface area contributed by atoms with Crippen LogP contribution >= 0.6 is 11.6 Å². The zero-order chi connectivity index (χ0) is 20.9. The molecule has 0 fully saturated rings. The van der Waals surface area contributed by atoms with E-state index in [9.17, 15) is 4.79 Å². The van der Waals surface area contributed by atoms with Crippen LogP contribution in [-0.2, 0) is 4.74 Å². The molecule has 29 heavy (non-hydrogen) atoms. The summed E-state index contributed by atoms with van der Waals surface area (Å²) in [6.07, 6.45) is -0.580. The summed E-state index contributed by atoms with van der Waals surface area (Å²) in [4.78, 5) is 13.0. The minimum Gasteiger partial charge on any atom is -0.442 e. The van der Waals surface area contributed by atoms with E-state index in [-0.39, 0.29) is 0 Å². The molecule has 0 heterocycles. The van der Waals surface area contributed by atoms with Gasteiger partial charge in [-0.25, -0.2) is 4.79 Å². The second-order valence-electron chi connectivity index (χ2n) is 7.45. The molecule has 0 saturated carbocycles. The first-order chi connectivity index (χ1) is 13.8. The minimum atomic E-state index is -0.664. The third kappa shape index (κ3) is 5.69. The predicted octanol–water partition coefficient (Wildman–Crippen LogP) is 6.53. The summed E-state index contributed by atoms with van der Waals surface area (Å²) >= 11 is 6.17. The fraction of sp³-hybridized carbons (Fsp3) is 0.167. The standard InChI is InChI=1S/C24H23ClN2O2/c1-24(2,3)29-23(28)27(21-16-10-15-20(25)17-21)26-22(18-11-6-4-7-12-18)19-13-8-5-9-14-19/h4-17H,1-3H3. The predicted molar refractivity (Wildman–Crippen MR) is 119 cm³/mol. The van der Waals surface area contributed by atoms with Gasteiger partial charge in [-0.05, 0) is 39.0 Å². The molecule has 3 rings (SSSR count). The number of rotatable bonds is 4. The van der Waals surface area contributed by atoms with E-state index >= 15 is 0 Å². The van der Waals surface area contributed by atoms with Crippen LogP contribution < -0.4 is 5.01 Å². The van der Waals surface area contributed by atoms with E-state index in [0.29, 0.717) is 16.4 Å². The van der Waals surface area contributed by atoms with Crippen LogP contribution in [0, 0.1) is 0 Å².